The second-order valence-electron chi connectivity index (χ2n) is 5.05. The van der Waals surface area contributed by atoms with Crippen LogP contribution in [0.4, 0.5) is 0 Å². The number of nitriles is 1. The smallest absolute Gasteiger partial charge is 0.103 e. The number of benzene rings is 1. The molecule has 1 aromatic carbocycles. The van der Waals surface area contributed by atoms with Gasteiger partial charge in [-0.2, -0.15) is 5.26 Å². The van der Waals surface area contributed by atoms with E-state index in [4.69, 9.17) is 5.26 Å². The van der Waals surface area contributed by atoms with Crippen LogP contribution in [0.3, 0.4) is 0 Å². The first-order chi connectivity index (χ1) is 10.2. The molecule has 0 aliphatic heterocycles. The summed E-state index contributed by atoms with van der Waals surface area (Å²) >= 11 is 0. The van der Waals surface area contributed by atoms with Gasteiger partial charge in [0.1, 0.15) is 5.69 Å². The molecule has 1 aromatic heterocycles. The van der Waals surface area contributed by atoms with Gasteiger partial charge in [-0.15, -0.1) is 5.10 Å². The topological polar surface area (TPSA) is 66.5 Å². The van der Waals surface area contributed by atoms with Gasteiger partial charge >= 0.3 is 0 Å². The molecule has 110 valence electrons. The number of nitrogens with zero attached hydrogens (tertiary/aromatic N) is 4. The van der Waals surface area contributed by atoms with Crippen molar-refractivity contribution in [3.8, 4) is 11.8 Å². The Balaban J connectivity index is 2.58. The summed E-state index contributed by atoms with van der Waals surface area (Å²) in [6.07, 6.45) is 1.80. The predicted octanol–water partition coefficient (Wildman–Crippen LogP) is 2.68. The normalized spacial score (nSPS) is 12.1. The Morgan fingerprint density at radius 1 is 1.38 bits per heavy atom. The minimum absolute atomic E-state index is 0.202. The van der Waals surface area contributed by atoms with Crippen molar-refractivity contribution < 1.29 is 0 Å². The summed E-state index contributed by atoms with van der Waals surface area (Å²) in [5.41, 5.74) is 4.72. The van der Waals surface area contributed by atoms with E-state index in [1.807, 2.05) is 36.9 Å². The molecule has 1 atom stereocenters. The molecule has 0 aliphatic carbocycles. The van der Waals surface area contributed by atoms with Crippen molar-refractivity contribution in [2.75, 3.05) is 7.05 Å². The zero-order valence-corrected chi connectivity index (χ0v) is 13.0. The SMILES string of the molecule is CCc1c(C(CC)NC)nnn1-c1cc(C#N)ccc1C. The third-order valence-corrected chi connectivity index (χ3v) is 3.78. The Labute approximate surface area is 125 Å². The van der Waals surface area contributed by atoms with Crippen LogP contribution in [0, 0.1) is 18.3 Å². The summed E-state index contributed by atoms with van der Waals surface area (Å²) < 4.78 is 1.87. The molecule has 1 N–H and O–H groups in total. The zero-order valence-electron chi connectivity index (χ0n) is 13.0. The predicted molar refractivity (Wildman–Crippen MR) is 82.3 cm³/mol. The van der Waals surface area contributed by atoms with E-state index in [1.54, 1.807) is 0 Å². The van der Waals surface area contributed by atoms with E-state index in [0.717, 1.165) is 35.5 Å². The van der Waals surface area contributed by atoms with Crippen LogP contribution >= 0.6 is 0 Å². The standard InChI is InChI=1S/C16H21N5/c1-5-13(18-4)16-14(6-2)21(20-19-16)15-9-12(10-17)8-7-11(15)3/h7-9,13,18H,5-6H2,1-4H3. The van der Waals surface area contributed by atoms with Crippen molar-refractivity contribution in [3.05, 3.63) is 40.7 Å². The summed E-state index contributed by atoms with van der Waals surface area (Å²) in [5, 5.41) is 21.1. The minimum atomic E-state index is 0.202. The van der Waals surface area contributed by atoms with Gasteiger partial charge in [0, 0.05) is 0 Å². The Morgan fingerprint density at radius 2 is 2.14 bits per heavy atom. The van der Waals surface area contributed by atoms with Crippen LogP contribution in [0.1, 0.15) is 48.8 Å². The number of nitrogens with one attached hydrogen (secondary N) is 1. The number of aromatic nitrogens is 3. The first-order valence-corrected chi connectivity index (χ1v) is 7.29. The summed E-state index contributed by atoms with van der Waals surface area (Å²) in [6, 6.07) is 8.02. The lowest BCUT2D eigenvalue weighted by Gasteiger charge is -2.14. The second-order valence-corrected chi connectivity index (χ2v) is 5.05. The summed E-state index contributed by atoms with van der Waals surface area (Å²) in [5.74, 6) is 0. The van der Waals surface area contributed by atoms with Gasteiger partial charge in [-0.05, 0) is 44.5 Å². The highest BCUT2D eigenvalue weighted by Crippen LogP contribution is 2.23. The Kier molecular flexibility index (Phi) is 4.71. The lowest BCUT2D eigenvalue weighted by atomic mass is 10.1. The fraction of sp³-hybridized carbons (Fsp3) is 0.438. The summed E-state index contributed by atoms with van der Waals surface area (Å²) in [4.78, 5) is 0. The molecule has 5 nitrogen and oxygen atoms in total. The highest BCUT2D eigenvalue weighted by molar-refractivity contribution is 5.47. The molecule has 1 unspecified atom stereocenters. The van der Waals surface area contributed by atoms with Crippen LogP contribution in [-0.2, 0) is 6.42 Å². The molecule has 2 rings (SSSR count). The summed E-state index contributed by atoms with van der Waals surface area (Å²) in [6.45, 7) is 6.25. The van der Waals surface area contributed by atoms with Crippen LogP contribution < -0.4 is 5.32 Å². The maximum absolute atomic E-state index is 9.09. The molecule has 2 aromatic rings. The van der Waals surface area contributed by atoms with Crippen LogP contribution in [0.25, 0.3) is 5.69 Å². The van der Waals surface area contributed by atoms with Crippen LogP contribution in [0.2, 0.25) is 0 Å². The highest BCUT2D eigenvalue weighted by Gasteiger charge is 2.19. The van der Waals surface area contributed by atoms with E-state index < -0.39 is 0 Å². The van der Waals surface area contributed by atoms with Crippen molar-refractivity contribution >= 4 is 0 Å². The molecule has 0 fully saturated rings. The largest absolute Gasteiger partial charge is 0.312 e. The monoisotopic (exact) mass is 283 g/mol. The number of hydrogen-bond donors (Lipinski definition) is 1. The Morgan fingerprint density at radius 3 is 2.71 bits per heavy atom. The van der Waals surface area contributed by atoms with Crippen LogP contribution in [0.5, 0.6) is 0 Å². The number of aryl methyl sites for hydroxylation is 1. The van der Waals surface area contributed by atoms with Crippen molar-refractivity contribution in [1.82, 2.24) is 20.3 Å². The second kappa shape index (κ2) is 6.51. The first-order valence-electron chi connectivity index (χ1n) is 7.29. The highest BCUT2D eigenvalue weighted by atomic mass is 15.4. The van der Waals surface area contributed by atoms with Crippen LogP contribution in [-0.4, -0.2) is 22.0 Å². The summed E-state index contributed by atoms with van der Waals surface area (Å²) in [7, 11) is 1.94. The lowest BCUT2D eigenvalue weighted by molar-refractivity contribution is 0.555. The average molecular weight is 283 g/mol. The van der Waals surface area contributed by atoms with E-state index in [1.165, 1.54) is 0 Å². The molecular weight excluding hydrogens is 262 g/mol. The maximum Gasteiger partial charge on any atom is 0.103 e. The third-order valence-electron chi connectivity index (χ3n) is 3.78. The van der Waals surface area contributed by atoms with E-state index in [2.05, 4.69) is 35.5 Å². The maximum atomic E-state index is 9.09. The van der Waals surface area contributed by atoms with Gasteiger partial charge in [-0.25, -0.2) is 4.68 Å². The fourth-order valence-electron chi connectivity index (χ4n) is 2.55. The molecule has 0 aliphatic rings. The Hall–Kier alpha value is -2.19. The van der Waals surface area contributed by atoms with E-state index in [-0.39, 0.29) is 6.04 Å². The van der Waals surface area contributed by atoms with Gasteiger partial charge in [0.15, 0.2) is 0 Å². The Bertz CT molecular complexity index is 662. The average Bonchev–Trinajstić information content (AvgIpc) is 2.92. The number of rotatable bonds is 5. The van der Waals surface area contributed by atoms with Crippen molar-refractivity contribution in [3.63, 3.8) is 0 Å². The van der Waals surface area contributed by atoms with E-state index in [9.17, 15) is 0 Å². The molecule has 0 saturated heterocycles. The third kappa shape index (κ3) is 2.81. The van der Waals surface area contributed by atoms with Gasteiger partial charge in [0.2, 0.25) is 0 Å². The number of hydrogen-bond acceptors (Lipinski definition) is 4. The van der Waals surface area contributed by atoms with Gasteiger partial charge in [0.25, 0.3) is 0 Å². The first kappa shape index (κ1) is 15.2. The molecular formula is C16H21N5. The van der Waals surface area contributed by atoms with Crippen LogP contribution in [0.15, 0.2) is 18.2 Å². The minimum Gasteiger partial charge on any atom is -0.312 e. The lowest BCUT2D eigenvalue weighted by Crippen LogP contribution is -2.17. The zero-order chi connectivity index (χ0) is 15.4. The van der Waals surface area contributed by atoms with Crippen molar-refractivity contribution in [2.45, 2.75) is 39.7 Å². The quantitative estimate of drug-likeness (QED) is 0.916. The van der Waals surface area contributed by atoms with Gasteiger partial charge < -0.3 is 5.32 Å². The molecule has 0 saturated carbocycles. The van der Waals surface area contributed by atoms with E-state index in [0.29, 0.717) is 5.56 Å². The fourth-order valence-corrected chi connectivity index (χ4v) is 2.55. The molecule has 0 bridgehead atoms. The molecule has 0 spiro atoms. The molecule has 21 heavy (non-hydrogen) atoms. The van der Waals surface area contributed by atoms with E-state index >= 15 is 0 Å². The molecule has 0 radical (unpaired) electrons. The molecule has 0 amide bonds. The van der Waals surface area contributed by atoms with Gasteiger partial charge in [0.05, 0.1) is 29.1 Å². The van der Waals surface area contributed by atoms with Crippen molar-refractivity contribution in [1.29, 1.82) is 5.26 Å². The van der Waals surface area contributed by atoms with Gasteiger partial charge in [-0.1, -0.05) is 25.1 Å². The molecule has 5 heteroatoms. The van der Waals surface area contributed by atoms with Crippen molar-refractivity contribution in [2.24, 2.45) is 0 Å². The van der Waals surface area contributed by atoms with Gasteiger partial charge in [-0.3, -0.25) is 0 Å². The molecule has 1 heterocycles.